The predicted octanol–water partition coefficient (Wildman–Crippen LogP) is 4.37. The maximum atomic E-state index is 12.8. The van der Waals surface area contributed by atoms with Gasteiger partial charge in [-0.05, 0) is 51.4 Å². The van der Waals surface area contributed by atoms with Gasteiger partial charge >= 0.3 is 0 Å². The van der Waals surface area contributed by atoms with E-state index in [0.29, 0.717) is 0 Å². The lowest BCUT2D eigenvalue weighted by Gasteiger charge is -2.46. The lowest BCUT2D eigenvalue weighted by Crippen LogP contribution is -2.51. The van der Waals surface area contributed by atoms with Crippen molar-refractivity contribution in [1.29, 1.82) is 0 Å². The molecule has 4 rings (SSSR count). The second kappa shape index (κ2) is 8.83. The number of benzene rings is 2. The van der Waals surface area contributed by atoms with E-state index in [2.05, 4.69) is 17.3 Å². The van der Waals surface area contributed by atoms with Gasteiger partial charge in [0.2, 0.25) is 5.91 Å². The number of fused-ring (bicyclic) bond motifs is 1. The van der Waals surface area contributed by atoms with Crippen LogP contribution in [0.3, 0.4) is 0 Å². The number of para-hydroxylation sites is 1. The number of nitrogens with zero attached hydrogens (tertiary/aromatic N) is 1. The monoisotopic (exact) mass is 420 g/mol. The zero-order valence-corrected chi connectivity index (χ0v) is 18.7. The van der Waals surface area contributed by atoms with Crippen molar-refractivity contribution in [1.82, 2.24) is 10.2 Å². The number of likely N-dealkylation sites (tertiary alicyclic amines) is 1. The van der Waals surface area contributed by atoms with E-state index in [1.165, 1.54) is 0 Å². The topological polar surface area (TPSA) is 58.6 Å². The number of ketones is 1. The van der Waals surface area contributed by atoms with Crippen molar-refractivity contribution in [2.45, 2.75) is 57.6 Å². The molecule has 1 saturated heterocycles. The van der Waals surface area contributed by atoms with E-state index < -0.39 is 0 Å². The number of nitrogens with one attached hydrogen (secondary N) is 1. The van der Waals surface area contributed by atoms with Crippen LogP contribution in [0.15, 0.2) is 42.5 Å². The molecule has 0 saturated carbocycles. The Morgan fingerprint density at radius 2 is 1.84 bits per heavy atom. The number of aryl methyl sites for hydroxylation is 2. The van der Waals surface area contributed by atoms with Crippen molar-refractivity contribution in [2.24, 2.45) is 0 Å². The molecule has 0 bridgehead atoms. The minimum Gasteiger partial charge on any atom is -0.487 e. The van der Waals surface area contributed by atoms with E-state index in [1.807, 2.05) is 56.3 Å². The van der Waals surface area contributed by atoms with Crippen LogP contribution in [0.1, 0.15) is 65.2 Å². The van der Waals surface area contributed by atoms with Gasteiger partial charge in [-0.2, -0.15) is 0 Å². The summed E-state index contributed by atoms with van der Waals surface area (Å²) in [4.78, 5) is 27.8. The fourth-order valence-electron chi connectivity index (χ4n) is 4.74. The average Bonchev–Trinajstić information content (AvgIpc) is 2.76. The van der Waals surface area contributed by atoms with Gasteiger partial charge in [0.1, 0.15) is 11.4 Å². The first-order valence-electron chi connectivity index (χ1n) is 11.2. The highest BCUT2D eigenvalue weighted by Crippen LogP contribution is 2.44. The van der Waals surface area contributed by atoms with Crippen LogP contribution >= 0.6 is 0 Å². The fraction of sp³-hybridized carbons (Fsp3) is 0.462. The summed E-state index contributed by atoms with van der Waals surface area (Å²) in [5.74, 6) is 0.814. The van der Waals surface area contributed by atoms with Crippen LogP contribution in [0.25, 0.3) is 0 Å². The Labute approximate surface area is 184 Å². The molecule has 2 aromatic carbocycles. The third-order valence-electron chi connectivity index (χ3n) is 6.70. The van der Waals surface area contributed by atoms with Crippen molar-refractivity contribution in [3.8, 4) is 5.75 Å². The third-order valence-corrected chi connectivity index (χ3v) is 6.70. The number of rotatable bonds is 5. The lowest BCUT2D eigenvalue weighted by atomic mass is 9.80. The molecule has 2 heterocycles. The second-order valence-electron chi connectivity index (χ2n) is 9.19. The second-order valence-corrected chi connectivity index (χ2v) is 9.19. The molecule has 1 atom stereocenters. The van der Waals surface area contributed by atoms with E-state index in [9.17, 15) is 9.59 Å². The highest BCUT2D eigenvalue weighted by atomic mass is 16.5. The number of carbonyl (C=O) groups excluding carboxylic acids is 2. The zero-order chi connectivity index (χ0) is 22.0. The largest absolute Gasteiger partial charge is 0.487 e. The molecule has 5 nitrogen and oxygen atoms in total. The van der Waals surface area contributed by atoms with E-state index in [1.54, 1.807) is 0 Å². The minimum atomic E-state index is -0.229. The standard InChI is InChI=1S/C26H32N2O3/c1-18-8-9-19(2)21(16-18)23(29)10-11-25(30)27-22-17-26(12-14-28(3)15-13-26)31-24-7-5-4-6-20(22)24/h4-9,16,22H,10-15,17H2,1-3H3,(H,27,30). The molecule has 164 valence electrons. The average molecular weight is 421 g/mol. The van der Waals surface area contributed by atoms with E-state index >= 15 is 0 Å². The quantitative estimate of drug-likeness (QED) is 0.730. The summed E-state index contributed by atoms with van der Waals surface area (Å²) < 4.78 is 6.47. The third kappa shape index (κ3) is 4.82. The number of piperidine rings is 1. The summed E-state index contributed by atoms with van der Waals surface area (Å²) in [6.45, 7) is 5.90. The summed E-state index contributed by atoms with van der Waals surface area (Å²) in [6, 6.07) is 13.8. The van der Waals surface area contributed by atoms with Crippen LogP contribution < -0.4 is 10.1 Å². The number of hydrogen-bond acceptors (Lipinski definition) is 4. The Hall–Kier alpha value is -2.66. The van der Waals surface area contributed by atoms with Gasteiger partial charge in [0.25, 0.3) is 0 Å². The highest BCUT2D eigenvalue weighted by Gasteiger charge is 2.43. The van der Waals surface area contributed by atoms with Crippen LogP contribution in [-0.2, 0) is 4.79 Å². The van der Waals surface area contributed by atoms with Gasteiger partial charge in [0.05, 0.1) is 6.04 Å². The van der Waals surface area contributed by atoms with E-state index in [0.717, 1.165) is 60.4 Å². The molecule has 1 spiro atoms. The molecule has 1 fully saturated rings. The highest BCUT2D eigenvalue weighted by molar-refractivity contribution is 5.99. The summed E-state index contributed by atoms with van der Waals surface area (Å²) in [7, 11) is 2.13. The van der Waals surface area contributed by atoms with Crippen molar-refractivity contribution < 1.29 is 14.3 Å². The molecular weight excluding hydrogens is 388 g/mol. The van der Waals surface area contributed by atoms with Gasteiger partial charge in [-0.25, -0.2) is 0 Å². The van der Waals surface area contributed by atoms with Crippen molar-refractivity contribution in [3.05, 3.63) is 64.7 Å². The minimum absolute atomic E-state index is 0.0236. The van der Waals surface area contributed by atoms with Gasteiger partial charge in [0.15, 0.2) is 5.78 Å². The molecular formula is C26H32N2O3. The Bertz CT molecular complexity index is 976. The number of amides is 1. The molecule has 31 heavy (non-hydrogen) atoms. The molecule has 2 aliphatic rings. The maximum absolute atomic E-state index is 12.8. The van der Waals surface area contributed by atoms with Crippen molar-refractivity contribution in [3.63, 3.8) is 0 Å². The van der Waals surface area contributed by atoms with Crippen LogP contribution in [-0.4, -0.2) is 42.3 Å². The molecule has 2 aromatic rings. The first-order chi connectivity index (χ1) is 14.8. The van der Waals surface area contributed by atoms with Crippen LogP contribution in [0, 0.1) is 13.8 Å². The molecule has 5 heteroatoms. The molecule has 2 aliphatic heterocycles. The lowest BCUT2D eigenvalue weighted by molar-refractivity contribution is -0.122. The Kier molecular flexibility index (Phi) is 6.15. The first-order valence-corrected chi connectivity index (χ1v) is 11.2. The SMILES string of the molecule is Cc1ccc(C)c(C(=O)CCC(=O)NC2CC3(CCN(C)CC3)Oc3ccccc32)c1. The normalized spacial score (nSPS) is 20.0. The summed E-state index contributed by atoms with van der Waals surface area (Å²) in [6.07, 6.45) is 3.09. The van der Waals surface area contributed by atoms with Crippen molar-refractivity contribution in [2.75, 3.05) is 20.1 Å². The van der Waals surface area contributed by atoms with Crippen molar-refractivity contribution >= 4 is 11.7 Å². The van der Waals surface area contributed by atoms with E-state index in [4.69, 9.17) is 4.74 Å². The van der Waals surface area contributed by atoms with Crippen LogP contribution in [0.5, 0.6) is 5.75 Å². The molecule has 0 aliphatic carbocycles. The fourth-order valence-corrected chi connectivity index (χ4v) is 4.74. The molecule has 0 radical (unpaired) electrons. The molecule has 1 amide bonds. The van der Waals surface area contributed by atoms with E-state index in [-0.39, 0.29) is 36.2 Å². The maximum Gasteiger partial charge on any atom is 0.220 e. The number of ether oxygens (including phenoxy) is 1. The van der Waals surface area contributed by atoms with Crippen LogP contribution in [0.2, 0.25) is 0 Å². The number of carbonyl (C=O) groups is 2. The van der Waals surface area contributed by atoms with Gasteiger partial charge in [-0.3, -0.25) is 9.59 Å². The van der Waals surface area contributed by atoms with Gasteiger partial charge in [-0.1, -0.05) is 35.9 Å². The van der Waals surface area contributed by atoms with Gasteiger partial charge in [0, 0.05) is 43.5 Å². The Morgan fingerprint density at radius 3 is 2.61 bits per heavy atom. The molecule has 0 aromatic heterocycles. The predicted molar refractivity (Wildman–Crippen MR) is 122 cm³/mol. The first kappa shape index (κ1) is 21.6. The molecule has 1 unspecified atom stereocenters. The van der Waals surface area contributed by atoms with Crippen LogP contribution in [0.4, 0.5) is 0 Å². The summed E-state index contributed by atoms with van der Waals surface area (Å²) in [5.41, 5.74) is 3.53. The Morgan fingerprint density at radius 1 is 1.10 bits per heavy atom. The Balaban J connectivity index is 1.43. The van der Waals surface area contributed by atoms with Gasteiger partial charge < -0.3 is 15.0 Å². The zero-order valence-electron chi connectivity index (χ0n) is 18.7. The summed E-state index contributed by atoms with van der Waals surface area (Å²) >= 11 is 0. The smallest absolute Gasteiger partial charge is 0.220 e. The molecule has 1 N–H and O–H groups in total. The summed E-state index contributed by atoms with van der Waals surface area (Å²) in [5, 5.41) is 3.21. The van der Waals surface area contributed by atoms with Gasteiger partial charge in [-0.15, -0.1) is 0 Å². The number of hydrogen-bond donors (Lipinski definition) is 1. The number of Topliss-reactive ketones (excluding diaryl/α,β-unsaturated/α-hetero) is 1.